The van der Waals surface area contributed by atoms with E-state index in [-0.39, 0.29) is 6.61 Å². The Morgan fingerprint density at radius 1 is 1.29 bits per heavy atom. The van der Waals surface area contributed by atoms with E-state index in [0.717, 1.165) is 19.6 Å². The highest BCUT2D eigenvalue weighted by Gasteiger charge is 2.01. The van der Waals surface area contributed by atoms with Crippen molar-refractivity contribution in [3.8, 4) is 0 Å². The van der Waals surface area contributed by atoms with Crippen LogP contribution in [-0.2, 0) is 6.54 Å². The van der Waals surface area contributed by atoms with Crippen LogP contribution in [-0.4, -0.2) is 29.7 Å². The first-order valence-corrected chi connectivity index (χ1v) is 5.91. The second-order valence-electron chi connectivity index (χ2n) is 3.22. The molecule has 14 heavy (non-hydrogen) atoms. The van der Waals surface area contributed by atoms with Crippen LogP contribution < -0.4 is 0 Å². The number of benzene rings is 1. The van der Waals surface area contributed by atoms with Gasteiger partial charge in [0.2, 0.25) is 0 Å². The van der Waals surface area contributed by atoms with E-state index in [4.69, 9.17) is 5.11 Å². The van der Waals surface area contributed by atoms with Crippen molar-refractivity contribution in [2.24, 2.45) is 0 Å². The van der Waals surface area contributed by atoms with E-state index in [9.17, 15) is 0 Å². The summed E-state index contributed by atoms with van der Waals surface area (Å²) in [5, 5.41) is 8.85. The zero-order valence-corrected chi connectivity index (χ0v) is 10.6. The van der Waals surface area contributed by atoms with Gasteiger partial charge < -0.3 is 5.11 Å². The molecule has 1 aromatic carbocycles. The first-order chi connectivity index (χ1) is 6.76. The SMILES string of the molecule is CCN(CCO)Cc1ccc(I)cc1. The summed E-state index contributed by atoms with van der Waals surface area (Å²) in [4.78, 5) is 2.22. The van der Waals surface area contributed by atoms with E-state index in [0.29, 0.717) is 0 Å². The number of aliphatic hydroxyl groups excluding tert-OH is 1. The number of halogens is 1. The molecule has 0 fully saturated rings. The molecule has 3 heteroatoms. The Kier molecular flexibility index (Phi) is 5.44. The van der Waals surface area contributed by atoms with E-state index in [1.807, 2.05) is 0 Å². The van der Waals surface area contributed by atoms with E-state index in [1.165, 1.54) is 9.13 Å². The molecule has 0 atom stereocenters. The zero-order chi connectivity index (χ0) is 10.4. The fourth-order valence-electron chi connectivity index (χ4n) is 1.34. The molecule has 0 saturated heterocycles. The van der Waals surface area contributed by atoms with Crippen LogP contribution in [0.2, 0.25) is 0 Å². The minimum absolute atomic E-state index is 0.234. The van der Waals surface area contributed by atoms with Gasteiger partial charge in [-0.1, -0.05) is 19.1 Å². The highest BCUT2D eigenvalue weighted by molar-refractivity contribution is 14.1. The monoisotopic (exact) mass is 305 g/mol. The maximum Gasteiger partial charge on any atom is 0.0558 e. The van der Waals surface area contributed by atoms with Crippen LogP contribution in [0.3, 0.4) is 0 Å². The first-order valence-electron chi connectivity index (χ1n) is 4.84. The maximum atomic E-state index is 8.85. The van der Waals surface area contributed by atoms with Gasteiger partial charge in [0, 0.05) is 16.7 Å². The number of aliphatic hydroxyl groups is 1. The molecule has 0 amide bonds. The van der Waals surface area contributed by atoms with Gasteiger partial charge in [-0.05, 0) is 46.8 Å². The van der Waals surface area contributed by atoms with Crippen LogP contribution in [0.5, 0.6) is 0 Å². The average molecular weight is 305 g/mol. The Morgan fingerprint density at radius 3 is 2.43 bits per heavy atom. The van der Waals surface area contributed by atoms with Gasteiger partial charge in [-0.25, -0.2) is 0 Å². The van der Waals surface area contributed by atoms with Crippen molar-refractivity contribution in [2.45, 2.75) is 13.5 Å². The van der Waals surface area contributed by atoms with Gasteiger partial charge >= 0.3 is 0 Å². The van der Waals surface area contributed by atoms with Gasteiger partial charge in [0.25, 0.3) is 0 Å². The summed E-state index contributed by atoms with van der Waals surface area (Å²) in [7, 11) is 0. The smallest absolute Gasteiger partial charge is 0.0558 e. The molecule has 0 bridgehead atoms. The van der Waals surface area contributed by atoms with Crippen molar-refractivity contribution in [3.05, 3.63) is 33.4 Å². The molecule has 0 aromatic heterocycles. The third kappa shape index (κ3) is 3.94. The Morgan fingerprint density at radius 2 is 1.93 bits per heavy atom. The molecule has 0 aliphatic rings. The Labute approximate surface area is 99.1 Å². The van der Waals surface area contributed by atoms with Crippen LogP contribution >= 0.6 is 22.6 Å². The molecule has 0 aliphatic heterocycles. The summed E-state index contributed by atoms with van der Waals surface area (Å²) in [5.74, 6) is 0. The predicted molar refractivity (Wildman–Crippen MR) is 67.2 cm³/mol. The van der Waals surface area contributed by atoms with Crippen LogP contribution in [0, 0.1) is 3.57 Å². The van der Waals surface area contributed by atoms with Crippen molar-refractivity contribution in [1.82, 2.24) is 4.90 Å². The third-order valence-corrected chi connectivity index (χ3v) is 2.90. The summed E-state index contributed by atoms with van der Waals surface area (Å²) >= 11 is 2.30. The van der Waals surface area contributed by atoms with Crippen molar-refractivity contribution in [2.75, 3.05) is 19.7 Å². The summed E-state index contributed by atoms with van der Waals surface area (Å²) in [6.45, 7) is 5.00. The van der Waals surface area contributed by atoms with Crippen molar-refractivity contribution < 1.29 is 5.11 Å². The van der Waals surface area contributed by atoms with Gasteiger partial charge in [-0.3, -0.25) is 4.90 Å². The largest absolute Gasteiger partial charge is 0.395 e. The Hall–Kier alpha value is -0.130. The molecule has 0 aliphatic carbocycles. The highest BCUT2D eigenvalue weighted by Crippen LogP contribution is 2.08. The first kappa shape index (κ1) is 11.9. The molecule has 0 unspecified atom stereocenters. The molecule has 2 nitrogen and oxygen atoms in total. The number of likely N-dealkylation sites (N-methyl/N-ethyl adjacent to an activating group) is 1. The molecule has 1 aromatic rings. The lowest BCUT2D eigenvalue weighted by atomic mass is 10.2. The molecule has 1 rings (SSSR count). The second-order valence-corrected chi connectivity index (χ2v) is 4.46. The summed E-state index contributed by atoms with van der Waals surface area (Å²) in [5.41, 5.74) is 1.31. The summed E-state index contributed by atoms with van der Waals surface area (Å²) in [6, 6.07) is 8.51. The van der Waals surface area contributed by atoms with Crippen molar-refractivity contribution >= 4 is 22.6 Å². The molecule has 1 N–H and O–H groups in total. The van der Waals surface area contributed by atoms with Crippen LogP contribution in [0.25, 0.3) is 0 Å². The van der Waals surface area contributed by atoms with E-state index >= 15 is 0 Å². The number of hydrogen-bond donors (Lipinski definition) is 1. The zero-order valence-electron chi connectivity index (χ0n) is 8.41. The van der Waals surface area contributed by atoms with Crippen LogP contribution in [0.1, 0.15) is 12.5 Å². The molecular weight excluding hydrogens is 289 g/mol. The van der Waals surface area contributed by atoms with E-state index < -0.39 is 0 Å². The minimum atomic E-state index is 0.234. The Balaban J connectivity index is 2.53. The molecule has 78 valence electrons. The van der Waals surface area contributed by atoms with Crippen LogP contribution in [0.15, 0.2) is 24.3 Å². The minimum Gasteiger partial charge on any atom is -0.395 e. The van der Waals surface area contributed by atoms with Gasteiger partial charge in [-0.15, -0.1) is 0 Å². The normalized spacial score (nSPS) is 10.9. The third-order valence-electron chi connectivity index (χ3n) is 2.18. The number of rotatable bonds is 5. The number of hydrogen-bond acceptors (Lipinski definition) is 2. The average Bonchev–Trinajstić information content (AvgIpc) is 2.20. The van der Waals surface area contributed by atoms with Crippen molar-refractivity contribution in [1.29, 1.82) is 0 Å². The lowest BCUT2D eigenvalue weighted by Crippen LogP contribution is -2.25. The highest BCUT2D eigenvalue weighted by atomic mass is 127. The van der Waals surface area contributed by atoms with Crippen LogP contribution in [0.4, 0.5) is 0 Å². The Bertz CT molecular complexity index is 260. The fraction of sp³-hybridized carbons (Fsp3) is 0.455. The quantitative estimate of drug-likeness (QED) is 0.842. The summed E-state index contributed by atoms with van der Waals surface area (Å²) in [6.07, 6.45) is 0. The number of nitrogens with zero attached hydrogens (tertiary/aromatic N) is 1. The topological polar surface area (TPSA) is 23.5 Å². The molecule has 0 radical (unpaired) electrons. The fourth-order valence-corrected chi connectivity index (χ4v) is 1.70. The molecule has 0 spiro atoms. The molecule has 0 saturated carbocycles. The van der Waals surface area contributed by atoms with Gasteiger partial charge in [-0.2, -0.15) is 0 Å². The van der Waals surface area contributed by atoms with Gasteiger partial charge in [0.05, 0.1) is 6.61 Å². The van der Waals surface area contributed by atoms with Crippen molar-refractivity contribution in [3.63, 3.8) is 0 Å². The predicted octanol–water partition coefficient (Wildman–Crippen LogP) is 2.11. The summed E-state index contributed by atoms with van der Waals surface area (Å²) < 4.78 is 1.26. The van der Waals surface area contributed by atoms with E-state index in [2.05, 4.69) is 58.7 Å². The van der Waals surface area contributed by atoms with Gasteiger partial charge in [0.15, 0.2) is 0 Å². The molecule has 0 heterocycles. The second kappa shape index (κ2) is 6.37. The maximum absolute atomic E-state index is 8.85. The lowest BCUT2D eigenvalue weighted by molar-refractivity contribution is 0.197. The standard InChI is InChI=1S/C11H16INO/c1-2-13(7-8-14)9-10-3-5-11(12)6-4-10/h3-6,14H,2,7-9H2,1H3. The van der Waals surface area contributed by atoms with Gasteiger partial charge in [0.1, 0.15) is 0 Å². The lowest BCUT2D eigenvalue weighted by Gasteiger charge is -2.18. The molecular formula is C11H16INO. The van der Waals surface area contributed by atoms with E-state index in [1.54, 1.807) is 0 Å².